The van der Waals surface area contributed by atoms with E-state index in [0.717, 1.165) is 0 Å². The van der Waals surface area contributed by atoms with Crippen LogP contribution >= 0.6 is 0 Å². The fraction of sp³-hybridized carbons (Fsp3) is 0.615. The minimum atomic E-state index is -1.03. The molecular formula is C13H18N6O5. The first kappa shape index (κ1) is 15.6. The van der Waals surface area contributed by atoms with Gasteiger partial charge in [0.05, 0.1) is 12.9 Å². The lowest BCUT2D eigenvalue weighted by Crippen LogP contribution is -2.38. The van der Waals surface area contributed by atoms with Crippen LogP contribution in [0.4, 0.5) is 5.82 Å². The SMILES string of the molecule is Nc1ncnc2c1ncn2[C@@H]1O[C@H](CO)[C@@H](O)[C@H]1OC1CCNO1. The highest BCUT2D eigenvalue weighted by Gasteiger charge is 2.47. The van der Waals surface area contributed by atoms with Crippen LogP contribution in [0.5, 0.6) is 0 Å². The number of imidazole rings is 1. The number of nitrogens with one attached hydrogen (secondary N) is 1. The van der Waals surface area contributed by atoms with Gasteiger partial charge < -0.3 is 25.4 Å². The van der Waals surface area contributed by atoms with Gasteiger partial charge in [-0.3, -0.25) is 9.40 Å². The molecule has 5 atom stereocenters. The molecule has 1 unspecified atom stereocenters. The van der Waals surface area contributed by atoms with Crippen molar-refractivity contribution in [3.63, 3.8) is 0 Å². The first-order valence-corrected chi connectivity index (χ1v) is 7.60. The highest BCUT2D eigenvalue weighted by molar-refractivity contribution is 5.81. The quantitative estimate of drug-likeness (QED) is 0.507. The van der Waals surface area contributed by atoms with Crippen LogP contribution in [-0.2, 0) is 14.3 Å². The molecule has 11 nitrogen and oxygen atoms in total. The Morgan fingerprint density at radius 1 is 1.42 bits per heavy atom. The molecule has 4 rings (SSSR count). The number of aliphatic hydroxyl groups excluding tert-OH is 2. The van der Waals surface area contributed by atoms with Crippen molar-refractivity contribution in [1.29, 1.82) is 0 Å². The molecule has 0 aliphatic carbocycles. The highest BCUT2D eigenvalue weighted by Crippen LogP contribution is 2.35. The van der Waals surface area contributed by atoms with Gasteiger partial charge in [-0.25, -0.2) is 15.0 Å². The molecule has 2 aliphatic rings. The summed E-state index contributed by atoms with van der Waals surface area (Å²) in [6.45, 7) is 0.311. The number of nitrogens with two attached hydrogens (primary N) is 1. The van der Waals surface area contributed by atoms with Crippen LogP contribution in [0, 0.1) is 0 Å². The van der Waals surface area contributed by atoms with Crippen molar-refractivity contribution in [2.45, 2.75) is 37.3 Å². The summed E-state index contributed by atoms with van der Waals surface area (Å²) in [6.07, 6.45) is -0.364. The fourth-order valence-corrected chi connectivity index (χ4v) is 2.95. The molecule has 2 fully saturated rings. The van der Waals surface area contributed by atoms with E-state index in [-0.39, 0.29) is 12.4 Å². The monoisotopic (exact) mass is 338 g/mol. The maximum atomic E-state index is 10.4. The zero-order chi connectivity index (χ0) is 16.7. The van der Waals surface area contributed by atoms with Gasteiger partial charge in [-0.05, 0) is 0 Å². The molecule has 2 aromatic rings. The Morgan fingerprint density at radius 3 is 3.04 bits per heavy atom. The minimum Gasteiger partial charge on any atom is -0.394 e. The summed E-state index contributed by atoms with van der Waals surface area (Å²) in [6, 6.07) is 0. The molecule has 11 heteroatoms. The number of hydrogen-bond acceptors (Lipinski definition) is 10. The Labute approximate surface area is 136 Å². The molecule has 0 amide bonds. The standard InChI is InChI=1S/C13H18N6O5/c14-11-8-12(16-4-15-11)19(5-17-8)13-10(9(21)6(3-20)22-13)23-7-1-2-18-24-7/h4-7,9-10,13,18,20-21H,1-3H2,(H2,14,15,16)/t6-,7?,9-,10-,13-/m1/s1. The molecule has 130 valence electrons. The summed E-state index contributed by atoms with van der Waals surface area (Å²) in [4.78, 5) is 17.5. The molecule has 2 aromatic heterocycles. The molecule has 0 saturated carbocycles. The largest absolute Gasteiger partial charge is 0.394 e. The Morgan fingerprint density at radius 2 is 2.29 bits per heavy atom. The zero-order valence-corrected chi connectivity index (χ0v) is 12.6. The van der Waals surface area contributed by atoms with E-state index in [2.05, 4.69) is 20.4 Å². The van der Waals surface area contributed by atoms with Crippen molar-refractivity contribution in [3.05, 3.63) is 12.7 Å². The van der Waals surface area contributed by atoms with Crippen molar-refractivity contribution in [2.24, 2.45) is 0 Å². The van der Waals surface area contributed by atoms with Gasteiger partial charge in [0.25, 0.3) is 0 Å². The number of ether oxygens (including phenoxy) is 2. The number of hydrogen-bond donors (Lipinski definition) is 4. The zero-order valence-electron chi connectivity index (χ0n) is 12.6. The molecule has 2 aliphatic heterocycles. The molecule has 24 heavy (non-hydrogen) atoms. The second kappa shape index (κ2) is 6.20. The lowest BCUT2D eigenvalue weighted by Gasteiger charge is -2.24. The predicted octanol–water partition coefficient (Wildman–Crippen LogP) is -1.70. The third-order valence-electron chi connectivity index (χ3n) is 4.16. The van der Waals surface area contributed by atoms with Gasteiger partial charge in [0, 0.05) is 13.0 Å². The Bertz CT molecular complexity index is 720. The van der Waals surface area contributed by atoms with E-state index >= 15 is 0 Å². The second-order valence-corrected chi connectivity index (χ2v) is 5.65. The molecule has 0 bridgehead atoms. The third kappa shape index (κ3) is 2.51. The molecule has 0 spiro atoms. The fourth-order valence-electron chi connectivity index (χ4n) is 2.95. The lowest BCUT2D eigenvalue weighted by molar-refractivity contribution is -0.199. The van der Waals surface area contributed by atoms with Crippen LogP contribution in [0.15, 0.2) is 12.7 Å². The lowest BCUT2D eigenvalue weighted by atomic mass is 10.1. The first-order valence-electron chi connectivity index (χ1n) is 7.60. The maximum Gasteiger partial charge on any atom is 0.179 e. The molecule has 5 N–H and O–H groups in total. The summed E-state index contributed by atoms with van der Waals surface area (Å²) in [7, 11) is 0. The predicted molar refractivity (Wildman–Crippen MR) is 79.1 cm³/mol. The number of aromatic nitrogens is 4. The average molecular weight is 338 g/mol. The van der Waals surface area contributed by atoms with Crippen LogP contribution in [0.1, 0.15) is 12.6 Å². The smallest absolute Gasteiger partial charge is 0.179 e. The summed E-state index contributed by atoms with van der Waals surface area (Å²) in [5.41, 5.74) is 9.41. The van der Waals surface area contributed by atoms with Gasteiger partial charge in [0.15, 0.2) is 24.0 Å². The summed E-state index contributed by atoms with van der Waals surface area (Å²) >= 11 is 0. The van der Waals surface area contributed by atoms with Crippen molar-refractivity contribution in [1.82, 2.24) is 25.0 Å². The number of anilines is 1. The van der Waals surface area contributed by atoms with Gasteiger partial charge in [0.1, 0.15) is 30.2 Å². The van der Waals surface area contributed by atoms with Gasteiger partial charge >= 0.3 is 0 Å². The van der Waals surface area contributed by atoms with E-state index in [0.29, 0.717) is 24.1 Å². The Balaban J connectivity index is 1.68. The van der Waals surface area contributed by atoms with Crippen LogP contribution in [0.3, 0.4) is 0 Å². The number of hydroxylamine groups is 1. The van der Waals surface area contributed by atoms with Crippen LogP contribution in [-0.4, -0.2) is 67.5 Å². The van der Waals surface area contributed by atoms with E-state index in [9.17, 15) is 10.2 Å². The van der Waals surface area contributed by atoms with Crippen LogP contribution in [0.2, 0.25) is 0 Å². The number of aliphatic hydroxyl groups is 2. The summed E-state index contributed by atoms with van der Waals surface area (Å²) in [5.74, 6) is 0.247. The number of rotatable bonds is 4. The van der Waals surface area contributed by atoms with Crippen LogP contribution in [0.25, 0.3) is 11.2 Å². The first-order chi connectivity index (χ1) is 11.7. The van der Waals surface area contributed by atoms with Crippen molar-refractivity contribution < 1.29 is 24.5 Å². The third-order valence-corrected chi connectivity index (χ3v) is 4.16. The molecule has 4 heterocycles. The minimum absolute atomic E-state index is 0.247. The van der Waals surface area contributed by atoms with Gasteiger partial charge in [-0.2, -0.15) is 5.48 Å². The Kier molecular flexibility index (Phi) is 4.04. The molecule has 0 aromatic carbocycles. The van der Waals surface area contributed by atoms with E-state index in [1.807, 2.05) is 0 Å². The normalized spacial score (nSPS) is 33.5. The number of fused-ring (bicyclic) bond motifs is 1. The van der Waals surface area contributed by atoms with Gasteiger partial charge in [-0.15, -0.1) is 0 Å². The second-order valence-electron chi connectivity index (χ2n) is 5.65. The van der Waals surface area contributed by atoms with Crippen LogP contribution < -0.4 is 11.2 Å². The summed E-state index contributed by atoms with van der Waals surface area (Å²) in [5, 5.41) is 19.9. The highest BCUT2D eigenvalue weighted by atomic mass is 16.8. The average Bonchev–Trinajstić information content (AvgIpc) is 3.29. The van der Waals surface area contributed by atoms with E-state index in [1.54, 1.807) is 4.57 Å². The number of nitrogens with zero attached hydrogens (tertiary/aromatic N) is 4. The van der Waals surface area contributed by atoms with Gasteiger partial charge in [-0.1, -0.05) is 0 Å². The van der Waals surface area contributed by atoms with Gasteiger partial charge in [0.2, 0.25) is 0 Å². The molecular weight excluding hydrogens is 320 g/mol. The van der Waals surface area contributed by atoms with E-state index < -0.39 is 30.8 Å². The van der Waals surface area contributed by atoms with E-state index in [1.165, 1.54) is 12.7 Å². The van der Waals surface area contributed by atoms with Crippen molar-refractivity contribution in [3.8, 4) is 0 Å². The topological polar surface area (TPSA) is 150 Å². The Hall–Kier alpha value is -1.89. The van der Waals surface area contributed by atoms with Crippen molar-refractivity contribution >= 4 is 17.0 Å². The van der Waals surface area contributed by atoms with Crippen molar-refractivity contribution in [2.75, 3.05) is 18.9 Å². The summed E-state index contributed by atoms with van der Waals surface area (Å²) < 4.78 is 13.2. The molecule has 0 radical (unpaired) electrons. The molecule has 2 saturated heterocycles. The van der Waals surface area contributed by atoms with E-state index in [4.69, 9.17) is 20.0 Å². The number of nitrogen functional groups attached to an aromatic ring is 1. The maximum absolute atomic E-state index is 10.4.